The van der Waals surface area contributed by atoms with Crippen molar-refractivity contribution in [2.75, 3.05) is 13.7 Å². The molecule has 0 unspecified atom stereocenters. The van der Waals surface area contributed by atoms with Crippen LogP contribution in [0.25, 0.3) is 0 Å². The third kappa shape index (κ3) is 5.49. The summed E-state index contributed by atoms with van der Waals surface area (Å²) >= 11 is 1.52. The fourth-order valence-electron chi connectivity index (χ4n) is 2.16. The van der Waals surface area contributed by atoms with E-state index >= 15 is 0 Å². The minimum absolute atomic E-state index is 0.0117. The third-order valence-electron chi connectivity index (χ3n) is 3.42. The number of carbonyl (C=O) groups is 1. The van der Waals surface area contributed by atoms with Gasteiger partial charge in [0.05, 0.1) is 19.0 Å². The fourth-order valence-corrected chi connectivity index (χ4v) is 3.05. The van der Waals surface area contributed by atoms with Gasteiger partial charge in [0.1, 0.15) is 11.5 Å². The van der Waals surface area contributed by atoms with Gasteiger partial charge in [0.15, 0.2) is 0 Å². The van der Waals surface area contributed by atoms with Gasteiger partial charge in [-0.15, -0.1) is 11.8 Å². The van der Waals surface area contributed by atoms with Crippen molar-refractivity contribution in [2.45, 2.75) is 30.5 Å². The Balaban J connectivity index is 1.85. The van der Waals surface area contributed by atoms with Gasteiger partial charge in [-0.3, -0.25) is 4.79 Å². The van der Waals surface area contributed by atoms with Crippen LogP contribution in [0.3, 0.4) is 0 Å². The molecule has 0 aromatic heterocycles. The number of hydrogen-bond acceptors (Lipinski definition) is 4. The van der Waals surface area contributed by atoms with Gasteiger partial charge in [-0.2, -0.15) is 0 Å². The summed E-state index contributed by atoms with van der Waals surface area (Å²) in [5.41, 5.74) is 1.02. The van der Waals surface area contributed by atoms with Crippen molar-refractivity contribution in [1.82, 2.24) is 5.32 Å². The summed E-state index contributed by atoms with van der Waals surface area (Å²) in [4.78, 5) is 13.3. The Morgan fingerprint density at radius 2 is 1.92 bits per heavy atom. The molecular weight excluding hydrogens is 322 g/mol. The molecule has 5 heteroatoms. The number of ether oxygens (including phenoxy) is 2. The van der Waals surface area contributed by atoms with Crippen molar-refractivity contribution >= 4 is 17.7 Å². The largest absolute Gasteiger partial charge is 0.497 e. The first-order valence-electron chi connectivity index (χ1n) is 7.92. The standard InChI is InChI=1S/C19H23NO3S/c1-4-23-17-7-5-6-15(12-17)13-20-19(21)14(2)24-18-10-8-16(22-3)9-11-18/h5-12,14H,4,13H2,1-3H3,(H,20,21)/t14-/m1/s1. The zero-order valence-corrected chi connectivity index (χ0v) is 15.1. The van der Waals surface area contributed by atoms with Gasteiger partial charge < -0.3 is 14.8 Å². The summed E-state index contributed by atoms with van der Waals surface area (Å²) in [6.07, 6.45) is 0. The highest BCUT2D eigenvalue weighted by molar-refractivity contribution is 8.00. The normalized spacial score (nSPS) is 11.6. The average Bonchev–Trinajstić information content (AvgIpc) is 2.61. The molecule has 0 fully saturated rings. The van der Waals surface area contributed by atoms with Crippen LogP contribution in [0.2, 0.25) is 0 Å². The second-order valence-corrected chi connectivity index (χ2v) is 6.65. The van der Waals surface area contributed by atoms with Crippen molar-refractivity contribution < 1.29 is 14.3 Å². The molecule has 0 heterocycles. The first-order chi connectivity index (χ1) is 11.6. The van der Waals surface area contributed by atoms with Crippen LogP contribution in [0, 0.1) is 0 Å². The van der Waals surface area contributed by atoms with Crippen LogP contribution >= 0.6 is 11.8 Å². The Morgan fingerprint density at radius 3 is 2.58 bits per heavy atom. The number of amides is 1. The van der Waals surface area contributed by atoms with Crippen molar-refractivity contribution in [3.05, 3.63) is 54.1 Å². The molecule has 1 atom stereocenters. The van der Waals surface area contributed by atoms with Crippen LogP contribution in [-0.4, -0.2) is 24.9 Å². The van der Waals surface area contributed by atoms with E-state index in [4.69, 9.17) is 9.47 Å². The maximum atomic E-state index is 12.3. The molecule has 0 aliphatic heterocycles. The number of thioether (sulfide) groups is 1. The van der Waals surface area contributed by atoms with E-state index in [-0.39, 0.29) is 11.2 Å². The predicted octanol–water partition coefficient (Wildman–Crippen LogP) is 3.89. The van der Waals surface area contributed by atoms with Crippen molar-refractivity contribution in [3.63, 3.8) is 0 Å². The Bertz CT molecular complexity index is 658. The van der Waals surface area contributed by atoms with E-state index < -0.39 is 0 Å². The van der Waals surface area contributed by atoms with Crippen molar-refractivity contribution in [3.8, 4) is 11.5 Å². The average molecular weight is 345 g/mol. The summed E-state index contributed by atoms with van der Waals surface area (Å²) in [7, 11) is 1.64. The molecule has 2 aromatic carbocycles. The Hall–Kier alpha value is -2.14. The van der Waals surface area contributed by atoms with Crippen LogP contribution in [-0.2, 0) is 11.3 Å². The molecule has 24 heavy (non-hydrogen) atoms. The first-order valence-corrected chi connectivity index (χ1v) is 8.80. The second kappa shape index (κ2) is 9.23. The number of nitrogens with one attached hydrogen (secondary N) is 1. The lowest BCUT2D eigenvalue weighted by Gasteiger charge is -2.13. The summed E-state index contributed by atoms with van der Waals surface area (Å²) in [6.45, 7) is 4.98. The Morgan fingerprint density at radius 1 is 1.17 bits per heavy atom. The van der Waals surface area contributed by atoms with E-state index in [0.29, 0.717) is 13.2 Å². The topological polar surface area (TPSA) is 47.6 Å². The molecule has 0 bridgehead atoms. The van der Waals surface area contributed by atoms with Crippen LogP contribution in [0.5, 0.6) is 11.5 Å². The molecular formula is C19H23NO3S. The van der Waals surface area contributed by atoms with Gasteiger partial charge in [-0.05, 0) is 55.8 Å². The fraction of sp³-hybridized carbons (Fsp3) is 0.316. The number of carbonyl (C=O) groups excluding carboxylic acids is 1. The van der Waals surface area contributed by atoms with Crippen molar-refractivity contribution in [2.24, 2.45) is 0 Å². The molecule has 4 nitrogen and oxygen atoms in total. The monoisotopic (exact) mass is 345 g/mol. The molecule has 0 radical (unpaired) electrons. The molecule has 0 aliphatic rings. The minimum atomic E-state index is -0.173. The highest BCUT2D eigenvalue weighted by Crippen LogP contribution is 2.25. The number of benzene rings is 2. The lowest BCUT2D eigenvalue weighted by molar-refractivity contribution is -0.120. The molecule has 2 aromatic rings. The minimum Gasteiger partial charge on any atom is -0.497 e. The van der Waals surface area contributed by atoms with Gasteiger partial charge in [0.25, 0.3) is 0 Å². The Labute approximate surface area is 147 Å². The molecule has 0 saturated heterocycles. The lowest BCUT2D eigenvalue weighted by Crippen LogP contribution is -2.30. The molecule has 2 rings (SSSR count). The zero-order chi connectivity index (χ0) is 17.4. The number of rotatable bonds is 8. The highest BCUT2D eigenvalue weighted by atomic mass is 32.2. The summed E-state index contributed by atoms with van der Waals surface area (Å²) in [5.74, 6) is 1.65. The predicted molar refractivity (Wildman–Crippen MR) is 97.8 cm³/mol. The Kier molecular flexibility index (Phi) is 7.00. The van der Waals surface area contributed by atoms with Crippen LogP contribution in [0.1, 0.15) is 19.4 Å². The maximum Gasteiger partial charge on any atom is 0.233 e. The first kappa shape index (κ1) is 18.2. The lowest BCUT2D eigenvalue weighted by atomic mass is 10.2. The maximum absolute atomic E-state index is 12.3. The molecule has 128 valence electrons. The molecule has 0 aliphatic carbocycles. The summed E-state index contributed by atoms with van der Waals surface area (Å²) in [6, 6.07) is 15.5. The summed E-state index contributed by atoms with van der Waals surface area (Å²) < 4.78 is 10.6. The molecule has 0 spiro atoms. The molecule has 1 N–H and O–H groups in total. The van der Waals surface area contributed by atoms with E-state index in [1.165, 1.54) is 11.8 Å². The van der Waals surface area contributed by atoms with Gasteiger partial charge in [-0.25, -0.2) is 0 Å². The SMILES string of the molecule is CCOc1cccc(CNC(=O)[C@@H](C)Sc2ccc(OC)cc2)c1. The van der Waals surface area contributed by atoms with Gasteiger partial charge in [-0.1, -0.05) is 12.1 Å². The van der Waals surface area contributed by atoms with Crippen LogP contribution < -0.4 is 14.8 Å². The second-order valence-electron chi connectivity index (χ2n) is 5.23. The number of methoxy groups -OCH3 is 1. The number of hydrogen-bond donors (Lipinski definition) is 1. The van der Waals surface area contributed by atoms with Gasteiger partial charge in [0.2, 0.25) is 5.91 Å². The third-order valence-corrected chi connectivity index (χ3v) is 4.53. The molecule has 0 saturated carbocycles. The van der Waals surface area contributed by atoms with Crippen molar-refractivity contribution in [1.29, 1.82) is 0 Å². The van der Waals surface area contributed by atoms with E-state index in [2.05, 4.69) is 5.32 Å². The van der Waals surface area contributed by atoms with E-state index in [1.807, 2.05) is 62.4 Å². The van der Waals surface area contributed by atoms with Crippen LogP contribution in [0.15, 0.2) is 53.4 Å². The molecule has 1 amide bonds. The van der Waals surface area contributed by atoms with E-state index in [9.17, 15) is 4.79 Å². The van der Waals surface area contributed by atoms with Gasteiger partial charge in [0, 0.05) is 11.4 Å². The van der Waals surface area contributed by atoms with Crippen LogP contribution in [0.4, 0.5) is 0 Å². The van der Waals surface area contributed by atoms with Gasteiger partial charge >= 0.3 is 0 Å². The zero-order valence-electron chi connectivity index (χ0n) is 14.2. The highest BCUT2D eigenvalue weighted by Gasteiger charge is 2.14. The summed E-state index contributed by atoms with van der Waals surface area (Å²) in [5, 5.41) is 2.80. The quantitative estimate of drug-likeness (QED) is 0.737. The smallest absolute Gasteiger partial charge is 0.233 e. The van der Waals surface area contributed by atoms with E-state index in [1.54, 1.807) is 7.11 Å². The van der Waals surface area contributed by atoms with E-state index in [0.717, 1.165) is 22.0 Å².